The van der Waals surface area contributed by atoms with Crippen LogP contribution in [0.15, 0.2) is 59.6 Å². The smallest absolute Gasteiger partial charge is 0.337 e. The molecular weight excluding hydrogens is 438 g/mol. The van der Waals surface area contributed by atoms with E-state index in [0.29, 0.717) is 29.8 Å². The van der Waals surface area contributed by atoms with E-state index in [2.05, 4.69) is 19.8 Å². The van der Waals surface area contributed by atoms with Crippen molar-refractivity contribution in [3.63, 3.8) is 0 Å². The molecule has 11 heteroatoms. The van der Waals surface area contributed by atoms with Crippen molar-refractivity contribution in [3.8, 4) is 5.69 Å². The molecule has 168 valence electrons. The van der Waals surface area contributed by atoms with Crippen LogP contribution in [0.25, 0.3) is 5.69 Å². The Morgan fingerprint density at radius 2 is 1.66 bits per heavy atom. The maximum absolute atomic E-state index is 12.4. The first kappa shape index (κ1) is 23.1. The summed E-state index contributed by atoms with van der Waals surface area (Å²) in [6, 6.07) is 12.1. The van der Waals surface area contributed by atoms with Crippen LogP contribution < -0.4 is 0 Å². The topological polar surface area (TPSA) is 127 Å². The lowest BCUT2D eigenvalue weighted by Crippen LogP contribution is -2.10. The summed E-state index contributed by atoms with van der Waals surface area (Å²) in [4.78, 5) is 23.0. The number of carbonyl (C=O) groups excluding carboxylic acids is 2. The van der Waals surface area contributed by atoms with Gasteiger partial charge in [0.15, 0.2) is 0 Å². The van der Waals surface area contributed by atoms with Gasteiger partial charge in [-0.1, -0.05) is 11.3 Å². The number of aryl methyl sites for hydroxylation is 1. The van der Waals surface area contributed by atoms with Gasteiger partial charge in [-0.15, -0.1) is 5.10 Å². The molecule has 10 nitrogen and oxygen atoms in total. The Morgan fingerprint density at radius 3 is 2.34 bits per heavy atom. The Bertz CT molecular complexity index is 1200. The molecule has 0 amide bonds. The predicted molar refractivity (Wildman–Crippen MR) is 112 cm³/mol. The third kappa shape index (κ3) is 5.56. The molecule has 0 aliphatic heterocycles. The maximum Gasteiger partial charge on any atom is 0.337 e. The fraction of sp³-hybridized carbons (Fsp3) is 0.238. The van der Waals surface area contributed by atoms with E-state index >= 15 is 0 Å². The van der Waals surface area contributed by atoms with Gasteiger partial charge in [-0.25, -0.2) is 14.3 Å². The van der Waals surface area contributed by atoms with Crippen LogP contribution in [0.2, 0.25) is 0 Å². The summed E-state index contributed by atoms with van der Waals surface area (Å²) in [5, 5.41) is 8.10. The van der Waals surface area contributed by atoms with Crippen molar-refractivity contribution in [1.29, 1.82) is 0 Å². The standard InChI is InChI=1S/C21H21N3O7S/c1-29-20(25)15-8-10-18(11-9-15)24-14-17(22-23-24)6-4-12-31-32(27,28)19-7-3-5-16(13-19)21(26)30-2/h3,5,7-11,13-14H,4,6,12H2,1-2H3. The number of benzene rings is 2. The second kappa shape index (κ2) is 10.2. The molecule has 0 unspecified atom stereocenters. The van der Waals surface area contributed by atoms with E-state index in [-0.39, 0.29) is 17.1 Å². The van der Waals surface area contributed by atoms with E-state index in [1.807, 2.05) is 0 Å². The van der Waals surface area contributed by atoms with Crippen LogP contribution in [0.3, 0.4) is 0 Å². The van der Waals surface area contributed by atoms with Gasteiger partial charge in [0.1, 0.15) is 0 Å². The third-order valence-corrected chi connectivity index (χ3v) is 5.76. The van der Waals surface area contributed by atoms with Gasteiger partial charge in [0.05, 0.1) is 54.4 Å². The molecule has 0 radical (unpaired) electrons. The zero-order chi connectivity index (χ0) is 23.1. The quantitative estimate of drug-likeness (QED) is 0.269. The molecule has 3 aromatic rings. The first-order chi connectivity index (χ1) is 15.3. The number of esters is 2. The lowest BCUT2D eigenvalue weighted by atomic mass is 10.2. The monoisotopic (exact) mass is 459 g/mol. The highest BCUT2D eigenvalue weighted by Gasteiger charge is 2.17. The lowest BCUT2D eigenvalue weighted by molar-refractivity contribution is 0.0591. The largest absolute Gasteiger partial charge is 0.465 e. The van der Waals surface area contributed by atoms with Gasteiger partial charge in [-0.3, -0.25) is 4.18 Å². The molecule has 0 bridgehead atoms. The van der Waals surface area contributed by atoms with E-state index in [4.69, 9.17) is 4.18 Å². The van der Waals surface area contributed by atoms with Crippen LogP contribution in [0.4, 0.5) is 0 Å². The molecule has 0 spiro atoms. The summed E-state index contributed by atoms with van der Waals surface area (Å²) >= 11 is 0. The third-order valence-electron chi connectivity index (χ3n) is 4.45. The first-order valence-corrected chi connectivity index (χ1v) is 10.9. The van der Waals surface area contributed by atoms with Gasteiger partial charge in [-0.05, 0) is 55.3 Å². The Morgan fingerprint density at radius 1 is 0.969 bits per heavy atom. The van der Waals surface area contributed by atoms with Gasteiger partial charge >= 0.3 is 11.9 Å². The summed E-state index contributed by atoms with van der Waals surface area (Å²) < 4.78 is 40.6. The summed E-state index contributed by atoms with van der Waals surface area (Å²) in [6.45, 7) is -0.0640. The summed E-state index contributed by atoms with van der Waals surface area (Å²) in [6.07, 6.45) is 2.54. The van der Waals surface area contributed by atoms with E-state index < -0.39 is 22.1 Å². The molecule has 0 fully saturated rings. The Hall–Kier alpha value is -3.57. The average Bonchev–Trinajstić information content (AvgIpc) is 3.30. The highest BCUT2D eigenvalue weighted by Crippen LogP contribution is 2.16. The highest BCUT2D eigenvalue weighted by atomic mass is 32.2. The molecule has 0 N–H and O–H groups in total. The van der Waals surface area contributed by atoms with Crippen LogP contribution in [0.1, 0.15) is 32.8 Å². The number of hydrogen-bond donors (Lipinski definition) is 0. The van der Waals surface area contributed by atoms with E-state index in [9.17, 15) is 18.0 Å². The normalized spacial score (nSPS) is 11.2. The predicted octanol–water partition coefficient (Wildman–Crippen LogP) is 2.18. The van der Waals surface area contributed by atoms with Crippen molar-refractivity contribution in [2.75, 3.05) is 20.8 Å². The van der Waals surface area contributed by atoms with Gasteiger partial charge < -0.3 is 9.47 Å². The molecule has 0 aliphatic carbocycles. The molecular formula is C21H21N3O7S. The highest BCUT2D eigenvalue weighted by molar-refractivity contribution is 7.86. The molecule has 0 saturated heterocycles. The Kier molecular flexibility index (Phi) is 7.33. The van der Waals surface area contributed by atoms with Crippen molar-refractivity contribution in [2.45, 2.75) is 17.7 Å². The van der Waals surface area contributed by atoms with Gasteiger partial charge in [0.25, 0.3) is 10.1 Å². The molecule has 1 heterocycles. The van der Waals surface area contributed by atoms with Crippen LogP contribution in [-0.4, -0.2) is 56.2 Å². The summed E-state index contributed by atoms with van der Waals surface area (Å²) in [7, 11) is -1.49. The fourth-order valence-electron chi connectivity index (χ4n) is 2.79. The molecule has 0 atom stereocenters. The molecule has 0 aliphatic rings. The first-order valence-electron chi connectivity index (χ1n) is 9.52. The number of rotatable bonds is 9. The summed E-state index contributed by atoms with van der Waals surface area (Å²) in [5.41, 5.74) is 1.90. The fourth-order valence-corrected chi connectivity index (χ4v) is 3.78. The number of methoxy groups -OCH3 is 2. The van der Waals surface area contributed by atoms with Gasteiger partial charge in [-0.2, -0.15) is 8.42 Å². The SMILES string of the molecule is COC(=O)c1ccc(-n2cc(CCCOS(=O)(=O)c3cccc(C(=O)OC)c3)nn2)cc1. The number of nitrogens with zero attached hydrogens (tertiary/aromatic N) is 3. The minimum Gasteiger partial charge on any atom is -0.465 e. The Labute approximate surface area is 184 Å². The molecule has 3 rings (SSSR count). The second-order valence-electron chi connectivity index (χ2n) is 6.59. The van der Waals surface area contributed by atoms with Crippen LogP contribution >= 0.6 is 0 Å². The van der Waals surface area contributed by atoms with Crippen molar-refractivity contribution in [3.05, 3.63) is 71.5 Å². The number of hydrogen-bond acceptors (Lipinski definition) is 9. The summed E-state index contributed by atoms with van der Waals surface area (Å²) in [5.74, 6) is -1.06. The Balaban J connectivity index is 1.55. The number of ether oxygens (including phenoxy) is 2. The van der Waals surface area contributed by atoms with Crippen LogP contribution in [-0.2, 0) is 30.2 Å². The van der Waals surface area contributed by atoms with Crippen molar-refractivity contribution in [2.24, 2.45) is 0 Å². The molecule has 2 aromatic carbocycles. The zero-order valence-electron chi connectivity index (χ0n) is 17.4. The van der Waals surface area contributed by atoms with Crippen LogP contribution in [0, 0.1) is 0 Å². The minimum atomic E-state index is -4.02. The second-order valence-corrected chi connectivity index (χ2v) is 8.21. The average molecular weight is 459 g/mol. The van der Waals surface area contributed by atoms with E-state index in [0.717, 1.165) is 0 Å². The molecule has 0 saturated carbocycles. The number of aromatic nitrogens is 3. The number of carbonyl (C=O) groups is 2. The lowest BCUT2D eigenvalue weighted by Gasteiger charge is -2.06. The zero-order valence-corrected chi connectivity index (χ0v) is 18.2. The van der Waals surface area contributed by atoms with E-state index in [1.54, 1.807) is 35.1 Å². The molecule has 32 heavy (non-hydrogen) atoms. The van der Waals surface area contributed by atoms with E-state index in [1.165, 1.54) is 38.5 Å². The van der Waals surface area contributed by atoms with Crippen LogP contribution in [0.5, 0.6) is 0 Å². The van der Waals surface area contributed by atoms with Crippen molar-refractivity contribution in [1.82, 2.24) is 15.0 Å². The van der Waals surface area contributed by atoms with Crippen molar-refractivity contribution < 1.29 is 31.7 Å². The maximum atomic E-state index is 12.4. The van der Waals surface area contributed by atoms with Gasteiger partial charge in [0.2, 0.25) is 0 Å². The minimum absolute atomic E-state index is 0.0640. The molecule has 1 aromatic heterocycles. The van der Waals surface area contributed by atoms with Gasteiger partial charge in [0, 0.05) is 0 Å². The van der Waals surface area contributed by atoms with Crippen molar-refractivity contribution >= 4 is 22.1 Å².